The standard InChI is InChI=1S/C18H25FN4O/c1-20-18(21-12-17(24)14-4-6-15(19)7-5-14)23-11-8-16(13-23)22-9-2-3-10-22/h2-7,16-17,24H,8-13H2,1H3,(H,20,21). The lowest BCUT2D eigenvalue weighted by Crippen LogP contribution is -2.43. The molecule has 2 unspecified atom stereocenters. The third-order valence-electron chi connectivity index (χ3n) is 4.75. The molecule has 2 atom stereocenters. The highest BCUT2D eigenvalue weighted by molar-refractivity contribution is 5.80. The molecule has 2 N–H and O–H groups in total. The lowest BCUT2D eigenvalue weighted by molar-refractivity contribution is 0.179. The minimum atomic E-state index is -0.691. The second-order valence-electron chi connectivity index (χ2n) is 6.31. The maximum atomic E-state index is 13.0. The van der Waals surface area contributed by atoms with Crippen LogP contribution in [-0.2, 0) is 0 Å². The molecule has 0 aromatic heterocycles. The van der Waals surface area contributed by atoms with E-state index in [2.05, 4.69) is 32.3 Å². The second kappa shape index (κ2) is 7.77. The number of guanidine groups is 1. The van der Waals surface area contributed by atoms with Gasteiger partial charge in [-0.1, -0.05) is 24.3 Å². The molecule has 1 fully saturated rings. The number of aliphatic imine (C=N–C) groups is 1. The molecule has 1 aromatic rings. The molecule has 6 heteroatoms. The van der Waals surface area contributed by atoms with Gasteiger partial charge < -0.3 is 15.3 Å². The van der Waals surface area contributed by atoms with E-state index in [1.807, 2.05) is 0 Å². The number of hydrogen-bond acceptors (Lipinski definition) is 3. The molecule has 0 radical (unpaired) electrons. The van der Waals surface area contributed by atoms with Crippen molar-refractivity contribution < 1.29 is 9.50 Å². The Labute approximate surface area is 142 Å². The van der Waals surface area contributed by atoms with Crippen molar-refractivity contribution >= 4 is 5.96 Å². The Morgan fingerprint density at radius 3 is 2.71 bits per heavy atom. The zero-order chi connectivity index (χ0) is 16.9. The van der Waals surface area contributed by atoms with E-state index < -0.39 is 6.10 Å². The quantitative estimate of drug-likeness (QED) is 0.497. The SMILES string of the molecule is CN=C(NCC(O)c1ccc(F)cc1)N1CCC(N2CC=CC2)C1. The van der Waals surface area contributed by atoms with Gasteiger partial charge in [-0.2, -0.15) is 0 Å². The summed E-state index contributed by atoms with van der Waals surface area (Å²) in [6, 6.07) is 6.50. The highest BCUT2D eigenvalue weighted by Gasteiger charge is 2.29. The second-order valence-corrected chi connectivity index (χ2v) is 6.31. The molecule has 2 aliphatic heterocycles. The van der Waals surface area contributed by atoms with Gasteiger partial charge in [-0.15, -0.1) is 0 Å². The highest BCUT2D eigenvalue weighted by atomic mass is 19.1. The summed E-state index contributed by atoms with van der Waals surface area (Å²) < 4.78 is 13.0. The van der Waals surface area contributed by atoms with Crippen molar-refractivity contribution in [2.45, 2.75) is 18.6 Å². The molecule has 2 aliphatic rings. The maximum absolute atomic E-state index is 13.0. The van der Waals surface area contributed by atoms with E-state index in [1.165, 1.54) is 12.1 Å². The zero-order valence-electron chi connectivity index (χ0n) is 14.0. The highest BCUT2D eigenvalue weighted by Crippen LogP contribution is 2.18. The van der Waals surface area contributed by atoms with Crippen LogP contribution in [0.1, 0.15) is 18.1 Å². The molecule has 2 heterocycles. The summed E-state index contributed by atoms with van der Waals surface area (Å²) in [6.45, 7) is 4.34. The van der Waals surface area contributed by atoms with Crippen molar-refractivity contribution in [3.8, 4) is 0 Å². The third-order valence-corrected chi connectivity index (χ3v) is 4.75. The summed E-state index contributed by atoms with van der Waals surface area (Å²) >= 11 is 0. The molecular weight excluding hydrogens is 307 g/mol. The average Bonchev–Trinajstić information content (AvgIpc) is 3.27. The maximum Gasteiger partial charge on any atom is 0.193 e. The molecule has 0 amide bonds. The van der Waals surface area contributed by atoms with Crippen LogP contribution >= 0.6 is 0 Å². The molecule has 5 nitrogen and oxygen atoms in total. The Balaban J connectivity index is 1.51. The predicted molar refractivity (Wildman–Crippen MR) is 93.4 cm³/mol. The van der Waals surface area contributed by atoms with Crippen LogP contribution < -0.4 is 5.32 Å². The van der Waals surface area contributed by atoms with E-state index in [1.54, 1.807) is 19.2 Å². The van der Waals surface area contributed by atoms with Crippen LogP contribution in [0, 0.1) is 5.82 Å². The predicted octanol–water partition coefficient (Wildman–Crippen LogP) is 1.38. The molecule has 0 aliphatic carbocycles. The minimum Gasteiger partial charge on any atom is -0.387 e. The van der Waals surface area contributed by atoms with Crippen LogP contribution in [0.3, 0.4) is 0 Å². The minimum absolute atomic E-state index is 0.297. The van der Waals surface area contributed by atoms with Crippen LogP contribution in [0.4, 0.5) is 4.39 Å². The normalized spacial score (nSPS) is 23.0. The Morgan fingerprint density at radius 2 is 2.04 bits per heavy atom. The van der Waals surface area contributed by atoms with Crippen LogP contribution in [0.5, 0.6) is 0 Å². The first kappa shape index (κ1) is 16.9. The summed E-state index contributed by atoms with van der Waals surface area (Å²) in [7, 11) is 1.76. The van der Waals surface area contributed by atoms with E-state index in [0.29, 0.717) is 18.2 Å². The number of benzene rings is 1. The summed E-state index contributed by atoms with van der Waals surface area (Å²) in [5.41, 5.74) is 0.696. The zero-order valence-corrected chi connectivity index (χ0v) is 14.0. The van der Waals surface area contributed by atoms with Gasteiger partial charge in [0.2, 0.25) is 0 Å². The molecule has 0 bridgehead atoms. The van der Waals surface area contributed by atoms with Gasteiger partial charge in [-0.25, -0.2) is 4.39 Å². The molecule has 1 saturated heterocycles. The van der Waals surface area contributed by atoms with Gasteiger partial charge >= 0.3 is 0 Å². The summed E-state index contributed by atoms with van der Waals surface area (Å²) in [5, 5.41) is 13.5. The van der Waals surface area contributed by atoms with E-state index in [-0.39, 0.29) is 5.82 Å². The van der Waals surface area contributed by atoms with Crippen molar-refractivity contribution in [1.29, 1.82) is 0 Å². The summed E-state index contributed by atoms with van der Waals surface area (Å²) in [4.78, 5) is 9.05. The average molecular weight is 332 g/mol. The van der Waals surface area contributed by atoms with Gasteiger partial charge in [0, 0.05) is 45.8 Å². The Kier molecular flexibility index (Phi) is 5.48. The van der Waals surface area contributed by atoms with Crippen LogP contribution in [0.2, 0.25) is 0 Å². The van der Waals surface area contributed by atoms with Gasteiger partial charge in [0.05, 0.1) is 6.10 Å². The summed E-state index contributed by atoms with van der Waals surface area (Å²) in [6.07, 6.45) is 4.87. The van der Waals surface area contributed by atoms with Gasteiger partial charge in [0.25, 0.3) is 0 Å². The number of aliphatic hydroxyl groups is 1. The van der Waals surface area contributed by atoms with Crippen molar-refractivity contribution in [1.82, 2.24) is 15.1 Å². The van der Waals surface area contributed by atoms with Gasteiger partial charge in [0.1, 0.15) is 5.82 Å². The molecule has 24 heavy (non-hydrogen) atoms. The largest absolute Gasteiger partial charge is 0.387 e. The van der Waals surface area contributed by atoms with Gasteiger partial charge in [-0.3, -0.25) is 9.89 Å². The van der Waals surface area contributed by atoms with Crippen molar-refractivity contribution in [3.63, 3.8) is 0 Å². The van der Waals surface area contributed by atoms with Crippen LogP contribution in [0.15, 0.2) is 41.4 Å². The van der Waals surface area contributed by atoms with E-state index in [9.17, 15) is 9.50 Å². The number of nitrogens with zero attached hydrogens (tertiary/aromatic N) is 3. The lowest BCUT2D eigenvalue weighted by atomic mass is 10.1. The molecule has 0 saturated carbocycles. The van der Waals surface area contributed by atoms with E-state index >= 15 is 0 Å². The Morgan fingerprint density at radius 1 is 1.33 bits per heavy atom. The number of likely N-dealkylation sites (tertiary alicyclic amines) is 1. The molecule has 0 spiro atoms. The fourth-order valence-corrected chi connectivity index (χ4v) is 3.35. The van der Waals surface area contributed by atoms with Crippen LogP contribution in [-0.4, -0.2) is 66.7 Å². The lowest BCUT2D eigenvalue weighted by Gasteiger charge is -2.26. The van der Waals surface area contributed by atoms with Crippen molar-refractivity contribution in [3.05, 3.63) is 47.8 Å². The Hall–Kier alpha value is -1.92. The van der Waals surface area contributed by atoms with E-state index in [0.717, 1.165) is 38.6 Å². The smallest absolute Gasteiger partial charge is 0.193 e. The number of halogens is 1. The Bertz CT molecular complexity index is 594. The third kappa shape index (κ3) is 3.94. The monoisotopic (exact) mass is 332 g/mol. The van der Waals surface area contributed by atoms with Gasteiger partial charge in [-0.05, 0) is 24.1 Å². The number of nitrogens with one attached hydrogen (secondary N) is 1. The first-order chi connectivity index (χ1) is 11.7. The van der Waals surface area contributed by atoms with Crippen molar-refractivity contribution in [2.24, 2.45) is 4.99 Å². The number of rotatable bonds is 4. The molecule has 130 valence electrons. The fourth-order valence-electron chi connectivity index (χ4n) is 3.35. The first-order valence-electron chi connectivity index (χ1n) is 8.45. The number of aliphatic hydroxyl groups excluding tert-OH is 1. The first-order valence-corrected chi connectivity index (χ1v) is 8.45. The fraction of sp³-hybridized carbons (Fsp3) is 0.500. The molecule has 3 rings (SSSR count). The molecule has 1 aromatic carbocycles. The van der Waals surface area contributed by atoms with Crippen molar-refractivity contribution in [2.75, 3.05) is 39.8 Å². The van der Waals surface area contributed by atoms with Gasteiger partial charge in [0.15, 0.2) is 5.96 Å². The topological polar surface area (TPSA) is 51.1 Å². The van der Waals surface area contributed by atoms with Crippen LogP contribution in [0.25, 0.3) is 0 Å². The van der Waals surface area contributed by atoms with E-state index in [4.69, 9.17) is 0 Å². The number of hydrogen-bond donors (Lipinski definition) is 2. The summed E-state index contributed by atoms with van der Waals surface area (Å²) in [5.74, 6) is 0.514. The molecular formula is C18H25FN4O.